The van der Waals surface area contributed by atoms with Gasteiger partial charge in [-0.25, -0.2) is 4.68 Å². The van der Waals surface area contributed by atoms with Gasteiger partial charge < -0.3 is 10.6 Å². The molecule has 2 aromatic carbocycles. The molecule has 2 atom stereocenters. The lowest BCUT2D eigenvalue weighted by Gasteiger charge is -2.33. The molecule has 0 spiro atoms. The van der Waals surface area contributed by atoms with Gasteiger partial charge in [-0.2, -0.15) is 18.3 Å². The lowest BCUT2D eigenvalue weighted by molar-refractivity contribution is -0.173. The van der Waals surface area contributed by atoms with Crippen molar-refractivity contribution in [2.24, 2.45) is 0 Å². The number of rotatable bonds is 3. The van der Waals surface area contributed by atoms with Crippen LogP contribution in [0.25, 0.3) is 0 Å². The number of nitrogens with zero attached hydrogens (tertiary/aromatic N) is 2. The van der Waals surface area contributed by atoms with Gasteiger partial charge in [-0.15, -0.1) is 0 Å². The molecule has 1 aliphatic rings. The number of nitrogens with one attached hydrogen (secondary N) is 2. The van der Waals surface area contributed by atoms with E-state index in [0.29, 0.717) is 16.3 Å². The lowest BCUT2D eigenvalue weighted by Crippen LogP contribution is -2.35. The summed E-state index contributed by atoms with van der Waals surface area (Å²) in [4.78, 5) is 12.6. The van der Waals surface area contributed by atoms with Crippen LogP contribution in [0.1, 0.15) is 34.6 Å². The smallest absolute Gasteiger partial charge is 0.362 e. The van der Waals surface area contributed by atoms with E-state index in [1.54, 1.807) is 54.6 Å². The highest BCUT2D eigenvalue weighted by atomic mass is 35.5. The Morgan fingerprint density at radius 2 is 1.77 bits per heavy atom. The summed E-state index contributed by atoms with van der Waals surface area (Å²) in [6, 6.07) is 12.5. The summed E-state index contributed by atoms with van der Waals surface area (Å²) in [5, 5.41) is 9.78. The van der Waals surface area contributed by atoms with Gasteiger partial charge in [0.05, 0.1) is 6.04 Å². The second-order valence-electron chi connectivity index (χ2n) is 6.82. The molecule has 0 saturated heterocycles. The van der Waals surface area contributed by atoms with Crippen molar-refractivity contribution >= 4 is 40.6 Å². The van der Waals surface area contributed by atoms with Crippen molar-refractivity contribution < 1.29 is 18.0 Å². The summed E-state index contributed by atoms with van der Waals surface area (Å²) in [6.45, 7) is 0. The van der Waals surface area contributed by atoms with Crippen LogP contribution in [0.2, 0.25) is 10.0 Å². The van der Waals surface area contributed by atoms with Gasteiger partial charge in [0.2, 0.25) is 0 Å². The third-order valence-corrected chi connectivity index (χ3v) is 5.42. The van der Waals surface area contributed by atoms with Crippen LogP contribution < -0.4 is 10.6 Å². The molecule has 2 N–H and O–H groups in total. The number of hydrogen-bond acceptors (Lipinski definition) is 3. The summed E-state index contributed by atoms with van der Waals surface area (Å²) < 4.78 is 42.1. The van der Waals surface area contributed by atoms with Crippen LogP contribution in [0.4, 0.5) is 24.7 Å². The normalized spacial score (nSPS) is 18.4. The molecular formula is C20H15Cl2F3N4O. The molecule has 5 nitrogen and oxygen atoms in total. The second-order valence-corrected chi connectivity index (χ2v) is 7.63. The number of carbonyl (C=O) groups excluding carboxylic acids is 1. The fourth-order valence-corrected chi connectivity index (χ4v) is 3.75. The fourth-order valence-electron chi connectivity index (χ4n) is 3.36. The Hall–Kier alpha value is -2.71. The van der Waals surface area contributed by atoms with E-state index in [1.807, 2.05) is 0 Å². The first kappa shape index (κ1) is 20.6. The Morgan fingerprint density at radius 3 is 2.40 bits per heavy atom. The van der Waals surface area contributed by atoms with Crippen LogP contribution in [0.5, 0.6) is 0 Å². The Morgan fingerprint density at radius 1 is 1.10 bits per heavy atom. The Bertz CT molecular complexity index is 1070. The average molecular weight is 455 g/mol. The van der Waals surface area contributed by atoms with Gasteiger partial charge in [0.1, 0.15) is 10.8 Å². The van der Waals surface area contributed by atoms with E-state index in [4.69, 9.17) is 23.2 Å². The monoisotopic (exact) mass is 454 g/mol. The maximum atomic E-state index is 13.8. The molecular weight excluding hydrogens is 440 g/mol. The molecule has 30 heavy (non-hydrogen) atoms. The lowest BCUT2D eigenvalue weighted by atomic mass is 9.97. The first-order valence-electron chi connectivity index (χ1n) is 8.97. The standard InChI is InChI=1S/C20H15Cl2F3N4O/c21-12-6-8-13(9-7-12)26-19(30)17-16(22)18-27-14(11-4-2-1-3-5-11)10-15(20(23,24)25)29(18)28-17/h1-9,14-15,27H,10H2,(H,26,30)/t14-,15-/m1/s1. The first-order valence-corrected chi connectivity index (χ1v) is 9.72. The van der Waals surface area contributed by atoms with E-state index in [2.05, 4.69) is 15.7 Å². The van der Waals surface area contributed by atoms with Crippen LogP contribution in [0.15, 0.2) is 54.6 Å². The maximum absolute atomic E-state index is 13.8. The highest BCUT2D eigenvalue weighted by Gasteiger charge is 2.47. The summed E-state index contributed by atoms with van der Waals surface area (Å²) >= 11 is 12.1. The highest BCUT2D eigenvalue weighted by Crippen LogP contribution is 2.46. The molecule has 1 amide bonds. The molecule has 0 radical (unpaired) electrons. The van der Waals surface area contributed by atoms with E-state index >= 15 is 0 Å². The topological polar surface area (TPSA) is 59.0 Å². The quantitative estimate of drug-likeness (QED) is 0.502. The minimum absolute atomic E-state index is 0.0413. The molecule has 3 aromatic rings. The number of carbonyl (C=O) groups is 1. The van der Waals surface area contributed by atoms with Crippen molar-refractivity contribution in [2.45, 2.75) is 24.7 Å². The predicted molar refractivity (Wildman–Crippen MR) is 109 cm³/mol. The largest absolute Gasteiger partial charge is 0.410 e. The zero-order chi connectivity index (χ0) is 21.5. The SMILES string of the molecule is O=C(Nc1ccc(Cl)cc1)c1nn2c(c1Cl)N[C@@H](c1ccccc1)C[C@@H]2C(F)(F)F. The molecule has 0 unspecified atom stereocenters. The van der Waals surface area contributed by atoms with Crippen molar-refractivity contribution in [3.63, 3.8) is 0 Å². The minimum Gasteiger partial charge on any atom is -0.362 e. The fraction of sp³-hybridized carbons (Fsp3) is 0.200. The third-order valence-electron chi connectivity index (χ3n) is 4.81. The van der Waals surface area contributed by atoms with Gasteiger partial charge in [-0.1, -0.05) is 53.5 Å². The maximum Gasteiger partial charge on any atom is 0.410 e. The number of fused-ring (bicyclic) bond motifs is 1. The number of aromatic nitrogens is 2. The van der Waals surface area contributed by atoms with Gasteiger partial charge in [0.15, 0.2) is 11.7 Å². The van der Waals surface area contributed by atoms with Gasteiger partial charge >= 0.3 is 6.18 Å². The van der Waals surface area contributed by atoms with Crippen LogP contribution in [0, 0.1) is 0 Å². The van der Waals surface area contributed by atoms with Gasteiger partial charge in [-0.05, 0) is 29.8 Å². The molecule has 0 fully saturated rings. The summed E-state index contributed by atoms with van der Waals surface area (Å²) in [7, 11) is 0. The van der Waals surface area contributed by atoms with Crippen LogP contribution >= 0.6 is 23.2 Å². The predicted octanol–water partition coefficient (Wildman–Crippen LogP) is 6.10. The first-order chi connectivity index (χ1) is 14.2. The van der Waals surface area contributed by atoms with E-state index in [1.165, 1.54) is 0 Å². The van der Waals surface area contributed by atoms with Crippen molar-refractivity contribution in [1.82, 2.24) is 9.78 Å². The molecule has 10 heteroatoms. The molecule has 0 saturated carbocycles. The van der Waals surface area contributed by atoms with E-state index in [9.17, 15) is 18.0 Å². The van der Waals surface area contributed by atoms with Crippen molar-refractivity contribution in [3.8, 4) is 0 Å². The number of halogens is 5. The van der Waals surface area contributed by atoms with E-state index in [-0.39, 0.29) is 23.0 Å². The zero-order valence-corrected chi connectivity index (χ0v) is 16.8. The Kier molecular flexibility index (Phi) is 5.38. The van der Waals surface area contributed by atoms with Crippen molar-refractivity contribution in [1.29, 1.82) is 0 Å². The third kappa shape index (κ3) is 3.97. The molecule has 0 aliphatic carbocycles. The minimum atomic E-state index is -4.57. The number of benzene rings is 2. The van der Waals surface area contributed by atoms with E-state index in [0.717, 1.165) is 4.68 Å². The Balaban J connectivity index is 1.69. The van der Waals surface area contributed by atoms with Gasteiger partial charge in [0, 0.05) is 17.1 Å². The zero-order valence-electron chi connectivity index (χ0n) is 15.3. The second kappa shape index (κ2) is 7.85. The summed E-state index contributed by atoms with van der Waals surface area (Å²) in [5.74, 6) is -0.761. The molecule has 1 aromatic heterocycles. The number of amides is 1. The van der Waals surface area contributed by atoms with Crippen molar-refractivity contribution in [2.75, 3.05) is 10.6 Å². The highest BCUT2D eigenvalue weighted by molar-refractivity contribution is 6.36. The van der Waals surface area contributed by atoms with E-state index < -0.39 is 24.2 Å². The van der Waals surface area contributed by atoms with Gasteiger partial charge in [-0.3, -0.25) is 4.79 Å². The molecule has 0 bridgehead atoms. The van der Waals surface area contributed by atoms with Gasteiger partial charge in [0.25, 0.3) is 5.91 Å². The number of anilines is 2. The molecule has 2 heterocycles. The average Bonchev–Trinajstić information content (AvgIpc) is 3.05. The molecule has 156 valence electrons. The summed E-state index contributed by atoms with van der Waals surface area (Å²) in [5.41, 5.74) is 0.799. The number of alkyl halides is 3. The van der Waals surface area contributed by atoms with Crippen molar-refractivity contribution in [3.05, 3.63) is 75.9 Å². The van der Waals surface area contributed by atoms with Crippen LogP contribution in [0.3, 0.4) is 0 Å². The van der Waals surface area contributed by atoms with Crippen LogP contribution in [-0.2, 0) is 0 Å². The molecule has 1 aliphatic heterocycles. The molecule has 4 rings (SSSR count). The Labute approximate surface area is 179 Å². The summed E-state index contributed by atoms with van der Waals surface area (Å²) in [6.07, 6.45) is -4.85. The number of hydrogen-bond donors (Lipinski definition) is 2. The van der Waals surface area contributed by atoms with Crippen LogP contribution in [-0.4, -0.2) is 21.9 Å².